The Labute approximate surface area is 126 Å². The van der Waals surface area contributed by atoms with Crippen LogP contribution in [0.15, 0.2) is 0 Å². The van der Waals surface area contributed by atoms with Crippen LogP contribution in [-0.4, -0.2) is 37.1 Å². The minimum absolute atomic E-state index is 0.729. The molecule has 0 radical (unpaired) electrons. The van der Waals surface area contributed by atoms with E-state index in [2.05, 4.69) is 24.1 Å². The van der Waals surface area contributed by atoms with Crippen LogP contribution in [-0.2, 0) is 0 Å². The average molecular weight is 280 g/mol. The summed E-state index contributed by atoms with van der Waals surface area (Å²) in [5.74, 6) is 1.88. The minimum atomic E-state index is 0.729. The van der Waals surface area contributed by atoms with E-state index < -0.39 is 0 Å². The van der Waals surface area contributed by atoms with E-state index in [9.17, 15) is 0 Å². The highest BCUT2D eigenvalue weighted by Crippen LogP contribution is 2.41. The third kappa shape index (κ3) is 3.57. The molecule has 1 spiro atoms. The van der Waals surface area contributed by atoms with Crippen LogP contribution in [0, 0.1) is 17.3 Å². The molecule has 118 valence electrons. The molecular weight excluding hydrogens is 244 g/mol. The van der Waals surface area contributed by atoms with Crippen molar-refractivity contribution in [1.29, 1.82) is 0 Å². The van der Waals surface area contributed by atoms with Crippen molar-refractivity contribution in [2.24, 2.45) is 17.3 Å². The van der Waals surface area contributed by atoms with Crippen molar-refractivity contribution < 1.29 is 0 Å². The van der Waals surface area contributed by atoms with Gasteiger partial charge in [-0.15, -0.1) is 0 Å². The van der Waals surface area contributed by atoms with E-state index in [0.29, 0.717) is 0 Å². The van der Waals surface area contributed by atoms with E-state index in [4.69, 9.17) is 0 Å². The summed E-state index contributed by atoms with van der Waals surface area (Å²) in [5.41, 5.74) is 0.729. The van der Waals surface area contributed by atoms with Crippen LogP contribution in [0.4, 0.5) is 0 Å². The van der Waals surface area contributed by atoms with E-state index in [1.54, 1.807) is 0 Å². The van der Waals surface area contributed by atoms with Gasteiger partial charge in [0.1, 0.15) is 0 Å². The first-order chi connectivity index (χ1) is 9.69. The molecule has 1 aliphatic carbocycles. The molecule has 0 amide bonds. The predicted octanol–water partition coefficient (Wildman–Crippen LogP) is 3.91. The molecule has 1 saturated carbocycles. The summed E-state index contributed by atoms with van der Waals surface area (Å²) in [6, 6.07) is 0.921. The lowest BCUT2D eigenvalue weighted by Crippen LogP contribution is -2.57. The molecule has 2 nitrogen and oxygen atoms in total. The Hall–Kier alpha value is -0.0800. The third-order valence-electron chi connectivity index (χ3n) is 6.05. The summed E-state index contributed by atoms with van der Waals surface area (Å²) in [6.07, 6.45) is 8.79. The maximum absolute atomic E-state index is 3.47. The van der Waals surface area contributed by atoms with Crippen LogP contribution in [0.25, 0.3) is 0 Å². The summed E-state index contributed by atoms with van der Waals surface area (Å²) in [5, 5.41) is 3.47. The van der Waals surface area contributed by atoms with Crippen LogP contribution >= 0.6 is 0 Å². The number of nitrogens with zero attached hydrogens (tertiary/aromatic N) is 1. The Kier molecular flexibility index (Phi) is 5.92. The predicted molar refractivity (Wildman–Crippen MR) is 88.0 cm³/mol. The largest absolute Gasteiger partial charge is 0.316 e. The summed E-state index contributed by atoms with van der Waals surface area (Å²) < 4.78 is 0. The Bertz CT molecular complexity index is 265. The zero-order chi connectivity index (χ0) is 14.6. The third-order valence-corrected chi connectivity index (χ3v) is 6.05. The molecular formula is C18H36N2. The van der Waals surface area contributed by atoms with E-state index in [1.807, 2.05) is 13.8 Å². The molecule has 3 rings (SSSR count). The van der Waals surface area contributed by atoms with Gasteiger partial charge in [-0.3, -0.25) is 0 Å². The molecule has 0 bridgehead atoms. The smallest absolute Gasteiger partial charge is 0.00957 e. The zero-order valence-electron chi connectivity index (χ0n) is 14.3. The van der Waals surface area contributed by atoms with Crippen LogP contribution in [0.5, 0.6) is 0 Å². The molecule has 1 N–H and O–H groups in total. The van der Waals surface area contributed by atoms with Gasteiger partial charge < -0.3 is 10.2 Å². The van der Waals surface area contributed by atoms with Crippen LogP contribution in [0.2, 0.25) is 0 Å². The number of hydrogen-bond donors (Lipinski definition) is 1. The van der Waals surface area contributed by atoms with Gasteiger partial charge in [0.25, 0.3) is 0 Å². The van der Waals surface area contributed by atoms with Crippen molar-refractivity contribution in [3.63, 3.8) is 0 Å². The highest BCUT2D eigenvalue weighted by Gasteiger charge is 2.41. The molecule has 2 heteroatoms. The molecule has 0 aromatic carbocycles. The Morgan fingerprint density at radius 1 is 0.950 bits per heavy atom. The molecule has 2 aliphatic heterocycles. The second-order valence-corrected chi connectivity index (χ2v) is 7.45. The number of nitrogens with one attached hydrogen (secondary N) is 1. The monoisotopic (exact) mass is 280 g/mol. The summed E-state index contributed by atoms with van der Waals surface area (Å²) >= 11 is 0. The van der Waals surface area contributed by atoms with E-state index in [0.717, 1.165) is 23.3 Å². The molecule has 0 aromatic heterocycles. The average Bonchev–Trinajstić information content (AvgIpc) is 2.48. The maximum atomic E-state index is 3.47. The van der Waals surface area contributed by atoms with Crippen molar-refractivity contribution in [2.45, 2.75) is 72.3 Å². The van der Waals surface area contributed by atoms with Crippen LogP contribution < -0.4 is 5.32 Å². The molecule has 0 atom stereocenters. The van der Waals surface area contributed by atoms with Gasteiger partial charge in [0, 0.05) is 19.1 Å². The second-order valence-electron chi connectivity index (χ2n) is 7.45. The summed E-state index contributed by atoms with van der Waals surface area (Å²) in [6.45, 7) is 14.1. The van der Waals surface area contributed by atoms with Gasteiger partial charge in [0.15, 0.2) is 0 Å². The van der Waals surface area contributed by atoms with Gasteiger partial charge in [0.05, 0.1) is 0 Å². The standard InChI is InChI=1S/C16H30N2.C2H6/c1-13(2)14-5-9-18(10-6-14)15-3-7-16(8-4-15)11-17-12-16;1-2/h13-15,17H,3-12H2,1-2H3;1-2H3. The lowest BCUT2D eigenvalue weighted by atomic mass is 9.68. The van der Waals surface area contributed by atoms with E-state index >= 15 is 0 Å². The van der Waals surface area contributed by atoms with Gasteiger partial charge in [-0.25, -0.2) is 0 Å². The van der Waals surface area contributed by atoms with E-state index in [1.165, 1.54) is 64.7 Å². The molecule has 3 aliphatic rings. The van der Waals surface area contributed by atoms with Crippen molar-refractivity contribution in [3.8, 4) is 0 Å². The molecule has 3 fully saturated rings. The highest BCUT2D eigenvalue weighted by molar-refractivity contribution is 4.97. The fraction of sp³-hybridized carbons (Fsp3) is 1.00. The SMILES string of the molecule is CC.CC(C)C1CCN(C2CCC3(CC2)CNC3)CC1. The van der Waals surface area contributed by atoms with Crippen molar-refractivity contribution in [1.82, 2.24) is 10.2 Å². The normalized spacial score (nSPS) is 28.1. The van der Waals surface area contributed by atoms with Crippen LogP contribution in [0.3, 0.4) is 0 Å². The first-order valence-electron chi connectivity index (χ1n) is 9.13. The lowest BCUT2D eigenvalue weighted by molar-refractivity contribution is 0.0318. The van der Waals surface area contributed by atoms with Gasteiger partial charge in [-0.1, -0.05) is 27.7 Å². The van der Waals surface area contributed by atoms with E-state index in [-0.39, 0.29) is 0 Å². The second kappa shape index (κ2) is 7.26. The maximum Gasteiger partial charge on any atom is 0.00957 e. The van der Waals surface area contributed by atoms with Crippen molar-refractivity contribution in [2.75, 3.05) is 26.2 Å². The number of piperidine rings is 1. The van der Waals surface area contributed by atoms with Gasteiger partial charge >= 0.3 is 0 Å². The Morgan fingerprint density at radius 3 is 1.90 bits per heavy atom. The molecule has 0 unspecified atom stereocenters. The highest BCUT2D eigenvalue weighted by atomic mass is 15.2. The fourth-order valence-electron chi connectivity index (χ4n) is 4.36. The first kappa shape index (κ1) is 16.3. The zero-order valence-corrected chi connectivity index (χ0v) is 14.3. The quantitative estimate of drug-likeness (QED) is 0.825. The first-order valence-corrected chi connectivity index (χ1v) is 9.13. The van der Waals surface area contributed by atoms with Crippen molar-refractivity contribution in [3.05, 3.63) is 0 Å². The Morgan fingerprint density at radius 2 is 1.50 bits per heavy atom. The topological polar surface area (TPSA) is 15.3 Å². The number of hydrogen-bond acceptors (Lipinski definition) is 2. The summed E-state index contributed by atoms with van der Waals surface area (Å²) in [4.78, 5) is 2.82. The van der Waals surface area contributed by atoms with Gasteiger partial charge in [0.2, 0.25) is 0 Å². The van der Waals surface area contributed by atoms with Gasteiger partial charge in [-0.05, 0) is 68.9 Å². The Balaban J connectivity index is 0.000000704. The fourth-order valence-corrected chi connectivity index (χ4v) is 4.36. The van der Waals surface area contributed by atoms with Crippen molar-refractivity contribution >= 4 is 0 Å². The lowest BCUT2D eigenvalue weighted by Gasteiger charge is -2.50. The molecule has 20 heavy (non-hydrogen) atoms. The summed E-state index contributed by atoms with van der Waals surface area (Å²) in [7, 11) is 0. The molecule has 2 heterocycles. The van der Waals surface area contributed by atoms with Crippen LogP contribution in [0.1, 0.15) is 66.2 Å². The molecule has 0 aromatic rings. The number of rotatable bonds is 2. The molecule has 2 saturated heterocycles. The van der Waals surface area contributed by atoms with Gasteiger partial charge in [-0.2, -0.15) is 0 Å². The minimum Gasteiger partial charge on any atom is -0.316 e. The number of likely N-dealkylation sites (tertiary alicyclic amines) is 1.